The molecule has 0 bridgehead atoms. The van der Waals surface area contributed by atoms with Crippen LogP contribution in [0, 0.1) is 5.92 Å². The molecular formula is C17H28IN3O. The summed E-state index contributed by atoms with van der Waals surface area (Å²) in [6.45, 7) is 8.18. The van der Waals surface area contributed by atoms with Crippen molar-refractivity contribution in [3.05, 3.63) is 29.8 Å². The van der Waals surface area contributed by atoms with E-state index in [1.165, 1.54) is 12.8 Å². The van der Waals surface area contributed by atoms with Gasteiger partial charge < -0.3 is 15.0 Å². The molecule has 1 saturated heterocycles. The highest BCUT2D eigenvalue weighted by Crippen LogP contribution is 2.19. The Kier molecular flexibility index (Phi) is 8.60. The predicted octanol–water partition coefficient (Wildman–Crippen LogP) is 3.51. The van der Waals surface area contributed by atoms with Crippen LogP contribution in [0.2, 0.25) is 0 Å². The quantitative estimate of drug-likeness (QED) is 0.463. The van der Waals surface area contributed by atoms with Crippen LogP contribution in [0.15, 0.2) is 29.3 Å². The zero-order chi connectivity index (χ0) is 15.1. The molecule has 4 nitrogen and oxygen atoms in total. The average Bonchev–Trinajstić information content (AvgIpc) is 2.51. The van der Waals surface area contributed by atoms with Crippen LogP contribution in [0.4, 0.5) is 0 Å². The van der Waals surface area contributed by atoms with Gasteiger partial charge in [-0.25, -0.2) is 4.99 Å². The molecule has 1 aliphatic heterocycles. The number of halogens is 1. The molecule has 0 aliphatic carbocycles. The minimum absolute atomic E-state index is 0. The van der Waals surface area contributed by atoms with Crippen molar-refractivity contribution in [2.24, 2.45) is 10.9 Å². The first-order valence-electron chi connectivity index (χ1n) is 7.89. The summed E-state index contributed by atoms with van der Waals surface area (Å²) in [4.78, 5) is 7.18. The molecule has 0 aromatic heterocycles. The zero-order valence-electron chi connectivity index (χ0n) is 13.8. The van der Waals surface area contributed by atoms with E-state index in [4.69, 9.17) is 9.73 Å². The molecule has 1 unspecified atom stereocenters. The standard InChI is InChI=1S/C17H27N3O.HI/c1-4-18-17(20-11-7-8-14(2)13-20)19-12-15-9-5-6-10-16(15)21-3;/h5-6,9-10,14H,4,7-8,11-13H2,1-3H3,(H,18,19);1H. The summed E-state index contributed by atoms with van der Waals surface area (Å²) in [6.07, 6.45) is 2.57. The molecule has 124 valence electrons. The van der Waals surface area contributed by atoms with Gasteiger partial charge in [0, 0.05) is 25.2 Å². The average molecular weight is 417 g/mol. The number of hydrogen-bond acceptors (Lipinski definition) is 2. The third-order valence-electron chi connectivity index (χ3n) is 3.88. The van der Waals surface area contributed by atoms with Crippen LogP contribution in [0.1, 0.15) is 32.3 Å². The van der Waals surface area contributed by atoms with Crippen LogP contribution in [0.5, 0.6) is 5.75 Å². The van der Waals surface area contributed by atoms with E-state index in [1.807, 2.05) is 18.2 Å². The van der Waals surface area contributed by atoms with Crippen molar-refractivity contribution >= 4 is 29.9 Å². The summed E-state index contributed by atoms with van der Waals surface area (Å²) in [6, 6.07) is 8.08. The first-order chi connectivity index (χ1) is 10.2. The van der Waals surface area contributed by atoms with E-state index in [0.717, 1.165) is 42.8 Å². The second-order valence-electron chi connectivity index (χ2n) is 5.68. The van der Waals surface area contributed by atoms with Crippen LogP contribution < -0.4 is 10.1 Å². The molecule has 1 fully saturated rings. The molecule has 0 amide bonds. The molecule has 1 atom stereocenters. The van der Waals surface area contributed by atoms with Crippen molar-refractivity contribution in [3.63, 3.8) is 0 Å². The maximum atomic E-state index is 5.40. The number of piperidine rings is 1. The number of likely N-dealkylation sites (tertiary alicyclic amines) is 1. The third kappa shape index (κ3) is 5.34. The van der Waals surface area contributed by atoms with Crippen molar-refractivity contribution in [1.82, 2.24) is 10.2 Å². The SMILES string of the molecule is CCNC(=NCc1ccccc1OC)N1CCCC(C)C1.I. The van der Waals surface area contributed by atoms with Crippen molar-refractivity contribution in [3.8, 4) is 5.75 Å². The lowest BCUT2D eigenvalue weighted by atomic mass is 10.0. The molecule has 0 spiro atoms. The molecule has 22 heavy (non-hydrogen) atoms. The highest BCUT2D eigenvalue weighted by molar-refractivity contribution is 14.0. The Morgan fingerprint density at radius 1 is 1.41 bits per heavy atom. The molecule has 1 aromatic rings. The van der Waals surface area contributed by atoms with Crippen molar-refractivity contribution in [1.29, 1.82) is 0 Å². The van der Waals surface area contributed by atoms with Gasteiger partial charge >= 0.3 is 0 Å². The fraction of sp³-hybridized carbons (Fsp3) is 0.588. The third-order valence-corrected chi connectivity index (χ3v) is 3.88. The summed E-state index contributed by atoms with van der Waals surface area (Å²) in [7, 11) is 1.71. The number of aliphatic imine (C=N–C) groups is 1. The lowest BCUT2D eigenvalue weighted by Gasteiger charge is -2.33. The first kappa shape index (κ1) is 19.1. The van der Waals surface area contributed by atoms with E-state index in [0.29, 0.717) is 6.54 Å². The molecular weight excluding hydrogens is 389 g/mol. The van der Waals surface area contributed by atoms with Gasteiger partial charge in [0.15, 0.2) is 5.96 Å². The summed E-state index contributed by atoms with van der Waals surface area (Å²) >= 11 is 0. The highest BCUT2D eigenvalue weighted by Gasteiger charge is 2.19. The van der Waals surface area contributed by atoms with Gasteiger partial charge in [-0.15, -0.1) is 24.0 Å². The number of ether oxygens (including phenoxy) is 1. The van der Waals surface area contributed by atoms with E-state index < -0.39 is 0 Å². The summed E-state index contributed by atoms with van der Waals surface area (Å²) in [5.74, 6) is 2.67. The van der Waals surface area contributed by atoms with Crippen LogP contribution in [-0.4, -0.2) is 37.6 Å². The number of nitrogens with zero attached hydrogens (tertiary/aromatic N) is 2. The largest absolute Gasteiger partial charge is 0.496 e. The lowest BCUT2D eigenvalue weighted by molar-refractivity contribution is 0.266. The number of rotatable bonds is 4. The van der Waals surface area contributed by atoms with Gasteiger partial charge in [0.05, 0.1) is 13.7 Å². The van der Waals surface area contributed by atoms with Crippen molar-refractivity contribution in [2.45, 2.75) is 33.2 Å². The Hall–Kier alpha value is -0.980. The summed E-state index contributed by atoms with van der Waals surface area (Å²) in [5, 5.41) is 3.42. The van der Waals surface area contributed by atoms with E-state index in [1.54, 1.807) is 7.11 Å². The molecule has 2 rings (SSSR count). The van der Waals surface area contributed by atoms with Crippen LogP contribution in [0.25, 0.3) is 0 Å². The van der Waals surface area contributed by atoms with E-state index in [2.05, 4.69) is 30.1 Å². The number of nitrogens with one attached hydrogen (secondary N) is 1. The molecule has 5 heteroatoms. The summed E-state index contributed by atoms with van der Waals surface area (Å²) < 4.78 is 5.40. The number of para-hydroxylation sites is 1. The summed E-state index contributed by atoms with van der Waals surface area (Å²) in [5.41, 5.74) is 1.13. The fourth-order valence-electron chi connectivity index (χ4n) is 2.80. The molecule has 1 aliphatic rings. The lowest BCUT2D eigenvalue weighted by Crippen LogP contribution is -2.46. The molecule has 1 heterocycles. The van der Waals surface area contributed by atoms with Gasteiger partial charge in [-0.2, -0.15) is 0 Å². The van der Waals surface area contributed by atoms with E-state index in [9.17, 15) is 0 Å². The Balaban J connectivity index is 0.00000242. The molecule has 0 radical (unpaired) electrons. The van der Waals surface area contributed by atoms with Gasteiger partial charge in [-0.1, -0.05) is 25.1 Å². The Labute approximate surface area is 151 Å². The topological polar surface area (TPSA) is 36.9 Å². The Bertz CT molecular complexity index is 479. The minimum atomic E-state index is 0. The van der Waals surface area contributed by atoms with Gasteiger partial charge in [0.1, 0.15) is 5.75 Å². The molecule has 1 aromatic carbocycles. The smallest absolute Gasteiger partial charge is 0.194 e. The number of guanidine groups is 1. The van der Waals surface area contributed by atoms with Crippen LogP contribution in [-0.2, 0) is 6.54 Å². The highest BCUT2D eigenvalue weighted by atomic mass is 127. The first-order valence-corrected chi connectivity index (χ1v) is 7.89. The monoisotopic (exact) mass is 417 g/mol. The number of hydrogen-bond donors (Lipinski definition) is 1. The zero-order valence-corrected chi connectivity index (χ0v) is 16.2. The minimum Gasteiger partial charge on any atom is -0.496 e. The van der Waals surface area contributed by atoms with Gasteiger partial charge in [-0.3, -0.25) is 0 Å². The predicted molar refractivity (Wildman–Crippen MR) is 103 cm³/mol. The van der Waals surface area contributed by atoms with Crippen LogP contribution in [0.3, 0.4) is 0 Å². The second kappa shape index (κ2) is 9.92. The van der Waals surface area contributed by atoms with Crippen LogP contribution >= 0.6 is 24.0 Å². The fourth-order valence-corrected chi connectivity index (χ4v) is 2.80. The maximum absolute atomic E-state index is 5.40. The Morgan fingerprint density at radius 3 is 2.86 bits per heavy atom. The van der Waals surface area contributed by atoms with Gasteiger partial charge in [0.2, 0.25) is 0 Å². The molecule has 1 N–H and O–H groups in total. The second-order valence-corrected chi connectivity index (χ2v) is 5.68. The van der Waals surface area contributed by atoms with Gasteiger partial charge in [-0.05, 0) is 31.7 Å². The van der Waals surface area contributed by atoms with Crippen molar-refractivity contribution in [2.75, 3.05) is 26.7 Å². The van der Waals surface area contributed by atoms with Crippen molar-refractivity contribution < 1.29 is 4.74 Å². The number of methoxy groups -OCH3 is 1. The normalized spacial score (nSPS) is 18.6. The van der Waals surface area contributed by atoms with E-state index >= 15 is 0 Å². The van der Waals surface area contributed by atoms with E-state index in [-0.39, 0.29) is 24.0 Å². The number of benzene rings is 1. The Morgan fingerprint density at radius 2 is 2.18 bits per heavy atom. The molecule has 0 saturated carbocycles. The maximum Gasteiger partial charge on any atom is 0.194 e. The van der Waals surface area contributed by atoms with Gasteiger partial charge in [0.25, 0.3) is 0 Å².